The summed E-state index contributed by atoms with van der Waals surface area (Å²) < 4.78 is 0. The molecule has 0 radical (unpaired) electrons. The minimum absolute atomic E-state index is 0.313. The van der Waals surface area contributed by atoms with Crippen molar-refractivity contribution in [1.82, 2.24) is 5.32 Å². The largest absolute Gasteiger partial charge is 0.394 e. The monoisotopic (exact) mass is 596 g/mol. The van der Waals surface area contributed by atoms with Crippen LogP contribution >= 0.6 is 0 Å². The van der Waals surface area contributed by atoms with Crippen LogP contribution < -0.4 is 5.32 Å². The zero-order valence-electron chi connectivity index (χ0n) is 28.1. The van der Waals surface area contributed by atoms with Crippen molar-refractivity contribution < 1.29 is 20.1 Å². The Balaban J connectivity index is 3.69. The molecule has 0 rings (SSSR count). The van der Waals surface area contributed by atoms with Crippen LogP contribution in [0.4, 0.5) is 0 Å². The van der Waals surface area contributed by atoms with Gasteiger partial charge < -0.3 is 20.6 Å². The number of carbonyl (C=O) groups is 1. The summed E-state index contributed by atoms with van der Waals surface area (Å²) in [5.41, 5.74) is 0. The van der Waals surface area contributed by atoms with E-state index < -0.39 is 24.2 Å². The molecule has 0 fully saturated rings. The zero-order chi connectivity index (χ0) is 30.9. The quantitative estimate of drug-likeness (QED) is 0.0449. The summed E-state index contributed by atoms with van der Waals surface area (Å²) in [6, 6.07) is -0.709. The molecular formula is C37H73NO4. The van der Waals surface area contributed by atoms with Gasteiger partial charge in [0.1, 0.15) is 6.10 Å². The number of unbranched alkanes of at least 4 members (excludes halogenated alkanes) is 23. The van der Waals surface area contributed by atoms with Crippen LogP contribution in [0.5, 0.6) is 0 Å². The van der Waals surface area contributed by atoms with Crippen molar-refractivity contribution in [2.24, 2.45) is 0 Å². The molecule has 0 aliphatic rings. The van der Waals surface area contributed by atoms with E-state index >= 15 is 0 Å². The number of hydrogen-bond acceptors (Lipinski definition) is 4. The smallest absolute Gasteiger partial charge is 0.249 e. The first-order chi connectivity index (χ1) is 20.6. The highest BCUT2D eigenvalue weighted by atomic mass is 16.3. The lowest BCUT2D eigenvalue weighted by Crippen LogP contribution is -2.49. The third-order valence-corrected chi connectivity index (χ3v) is 8.63. The molecule has 5 heteroatoms. The van der Waals surface area contributed by atoms with Gasteiger partial charge in [0.05, 0.1) is 18.8 Å². The molecule has 0 spiro atoms. The van der Waals surface area contributed by atoms with Gasteiger partial charge >= 0.3 is 0 Å². The molecule has 0 bridgehead atoms. The minimum Gasteiger partial charge on any atom is -0.394 e. The van der Waals surface area contributed by atoms with Gasteiger partial charge in [0.2, 0.25) is 5.91 Å². The third kappa shape index (κ3) is 27.9. The summed E-state index contributed by atoms with van der Waals surface area (Å²) in [6.45, 7) is 4.20. The van der Waals surface area contributed by atoms with Gasteiger partial charge in [-0.25, -0.2) is 0 Å². The maximum absolute atomic E-state index is 12.4. The van der Waals surface area contributed by atoms with E-state index in [4.69, 9.17) is 0 Å². The summed E-state index contributed by atoms with van der Waals surface area (Å²) in [5, 5.41) is 33.1. The van der Waals surface area contributed by atoms with Crippen molar-refractivity contribution in [3.8, 4) is 0 Å². The van der Waals surface area contributed by atoms with Gasteiger partial charge in [0, 0.05) is 0 Å². The van der Waals surface area contributed by atoms with E-state index in [0.717, 1.165) is 32.1 Å². The van der Waals surface area contributed by atoms with Crippen LogP contribution in [0.15, 0.2) is 12.2 Å². The highest BCUT2D eigenvalue weighted by molar-refractivity contribution is 5.80. The molecule has 0 aromatic rings. The fourth-order valence-corrected chi connectivity index (χ4v) is 5.65. The number of nitrogens with one attached hydrogen (secondary N) is 1. The Hall–Kier alpha value is -0.910. The summed E-state index contributed by atoms with van der Waals surface area (Å²) in [5.74, 6) is -0.476. The molecule has 0 saturated heterocycles. The lowest BCUT2D eigenvalue weighted by atomic mass is 10.0. The molecule has 42 heavy (non-hydrogen) atoms. The topological polar surface area (TPSA) is 89.8 Å². The van der Waals surface area contributed by atoms with Gasteiger partial charge in [0.25, 0.3) is 0 Å². The van der Waals surface area contributed by atoms with Gasteiger partial charge in [0.15, 0.2) is 0 Å². The normalized spacial score (nSPS) is 13.9. The molecule has 0 aliphatic heterocycles. The van der Waals surface area contributed by atoms with Gasteiger partial charge in [-0.1, -0.05) is 167 Å². The van der Waals surface area contributed by atoms with Gasteiger partial charge in [-0.15, -0.1) is 0 Å². The number of allylic oxidation sites excluding steroid dienone is 2. The first-order valence-electron chi connectivity index (χ1n) is 18.5. The molecule has 4 N–H and O–H groups in total. The SMILES string of the molecule is CCCCCCCC/C=C\CCCCCCCCC(O)C(=O)NC(CO)C(O)CCCCCCCCCCCCCC. The Bertz CT molecular complexity index is 582. The van der Waals surface area contributed by atoms with E-state index in [-0.39, 0.29) is 6.61 Å². The molecular weight excluding hydrogens is 522 g/mol. The summed E-state index contributed by atoms with van der Waals surface area (Å²) >= 11 is 0. The number of rotatable bonds is 33. The third-order valence-electron chi connectivity index (χ3n) is 8.63. The predicted molar refractivity (Wildman–Crippen MR) is 181 cm³/mol. The number of hydrogen-bond donors (Lipinski definition) is 4. The molecule has 0 aliphatic carbocycles. The molecule has 0 aromatic carbocycles. The second kappa shape index (κ2) is 33.0. The maximum atomic E-state index is 12.4. The summed E-state index contributed by atoms with van der Waals surface area (Å²) in [7, 11) is 0. The first kappa shape index (κ1) is 41.1. The van der Waals surface area contributed by atoms with Gasteiger partial charge in [-0.05, 0) is 38.5 Å². The molecule has 0 saturated carbocycles. The van der Waals surface area contributed by atoms with Crippen molar-refractivity contribution in [3.63, 3.8) is 0 Å². The van der Waals surface area contributed by atoms with Gasteiger partial charge in [-0.2, -0.15) is 0 Å². The minimum atomic E-state index is -1.07. The standard InChI is InChI=1S/C37H73NO4/c1-3-5-7-9-11-13-15-17-18-19-20-22-24-26-28-30-32-36(41)37(42)38-34(33-39)35(40)31-29-27-25-23-21-16-14-12-10-8-6-4-2/h17-18,34-36,39-41H,3-16,19-33H2,1-2H3,(H,38,42)/b18-17-. The van der Waals surface area contributed by atoms with Crippen LogP contribution in [-0.2, 0) is 4.79 Å². The van der Waals surface area contributed by atoms with E-state index in [1.54, 1.807) is 0 Å². The Morgan fingerprint density at radius 3 is 1.31 bits per heavy atom. The Kier molecular flexibility index (Phi) is 32.3. The van der Waals surface area contributed by atoms with E-state index in [9.17, 15) is 20.1 Å². The first-order valence-corrected chi connectivity index (χ1v) is 18.5. The molecule has 0 heterocycles. The second-order valence-corrected chi connectivity index (χ2v) is 12.8. The fourth-order valence-electron chi connectivity index (χ4n) is 5.65. The number of carbonyl (C=O) groups excluding carboxylic acids is 1. The van der Waals surface area contributed by atoms with Crippen LogP contribution in [0.3, 0.4) is 0 Å². The van der Waals surface area contributed by atoms with Crippen LogP contribution in [0.25, 0.3) is 0 Å². The van der Waals surface area contributed by atoms with E-state index in [0.29, 0.717) is 12.8 Å². The van der Waals surface area contributed by atoms with Crippen molar-refractivity contribution >= 4 is 5.91 Å². The van der Waals surface area contributed by atoms with Crippen LogP contribution in [0.1, 0.15) is 194 Å². The highest BCUT2D eigenvalue weighted by Gasteiger charge is 2.23. The molecule has 5 nitrogen and oxygen atoms in total. The second-order valence-electron chi connectivity index (χ2n) is 12.8. The summed E-state index contributed by atoms with van der Waals surface area (Å²) in [6.07, 6.45) is 36.2. The molecule has 250 valence electrons. The number of aliphatic hydroxyl groups excluding tert-OH is 3. The summed E-state index contributed by atoms with van der Waals surface area (Å²) in [4.78, 5) is 12.4. The average molecular weight is 596 g/mol. The lowest BCUT2D eigenvalue weighted by Gasteiger charge is -2.23. The van der Waals surface area contributed by atoms with E-state index in [1.807, 2.05) is 0 Å². The van der Waals surface area contributed by atoms with Crippen molar-refractivity contribution in [2.75, 3.05) is 6.61 Å². The Labute approximate surface area is 261 Å². The molecule has 3 unspecified atom stereocenters. The van der Waals surface area contributed by atoms with Crippen molar-refractivity contribution in [2.45, 2.75) is 212 Å². The van der Waals surface area contributed by atoms with Crippen molar-refractivity contribution in [1.29, 1.82) is 0 Å². The average Bonchev–Trinajstić information content (AvgIpc) is 2.99. The van der Waals surface area contributed by atoms with Crippen LogP contribution in [-0.4, -0.2) is 46.1 Å². The maximum Gasteiger partial charge on any atom is 0.249 e. The molecule has 1 amide bonds. The number of amides is 1. The number of aliphatic hydroxyl groups is 3. The zero-order valence-corrected chi connectivity index (χ0v) is 28.1. The van der Waals surface area contributed by atoms with Gasteiger partial charge in [-0.3, -0.25) is 4.79 Å². The van der Waals surface area contributed by atoms with Crippen molar-refractivity contribution in [3.05, 3.63) is 12.2 Å². The Morgan fingerprint density at radius 2 is 0.905 bits per heavy atom. The molecule has 3 atom stereocenters. The van der Waals surface area contributed by atoms with Crippen LogP contribution in [0, 0.1) is 0 Å². The lowest BCUT2D eigenvalue weighted by molar-refractivity contribution is -0.131. The Morgan fingerprint density at radius 1 is 0.548 bits per heavy atom. The molecule has 0 aromatic heterocycles. The van der Waals surface area contributed by atoms with E-state index in [2.05, 4.69) is 31.3 Å². The van der Waals surface area contributed by atoms with Crippen LogP contribution in [0.2, 0.25) is 0 Å². The predicted octanol–water partition coefficient (Wildman–Crippen LogP) is 9.70. The fraction of sp³-hybridized carbons (Fsp3) is 0.919. The highest BCUT2D eigenvalue weighted by Crippen LogP contribution is 2.15. The van der Waals surface area contributed by atoms with E-state index in [1.165, 1.54) is 135 Å².